The van der Waals surface area contributed by atoms with Gasteiger partial charge in [-0.15, -0.1) is 0 Å². The van der Waals surface area contributed by atoms with E-state index < -0.39 is 0 Å². The molecule has 2 rings (SSSR count). The molecule has 0 aliphatic heterocycles. The Morgan fingerprint density at radius 3 is 2.29 bits per heavy atom. The first-order valence-electron chi connectivity index (χ1n) is 6.65. The Hall–Kier alpha value is 0. The highest BCUT2D eigenvalue weighted by Crippen LogP contribution is 2.55. The number of hydrogen-bond acceptors (Lipinski definition) is 0. The molecule has 2 aliphatic rings. The van der Waals surface area contributed by atoms with Crippen LogP contribution in [0.15, 0.2) is 0 Å². The Morgan fingerprint density at radius 1 is 1.21 bits per heavy atom. The van der Waals surface area contributed by atoms with Crippen LogP contribution in [0.2, 0.25) is 0 Å². The third-order valence-electron chi connectivity index (χ3n) is 5.24. The maximum atomic E-state index is 2.50. The molecule has 0 radical (unpaired) electrons. The van der Waals surface area contributed by atoms with Crippen molar-refractivity contribution in [3.63, 3.8) is 0 Å². The first-order valence-corrected chi connectivity index (χ1v) is 6.65. The van der Waals surface area contributed by atoms with Crippen LogP contribution in [0.3, 0.4) is 0 Å². The zero-order chi connectivity index (χ0) is 10.3. The second-order valence-electron chi connectivity index (χ2n) is 6.04. The van der Waals surface area contributed by atoms with E-state index in [9.17, 15) is 0 Å². The highest BCUT2D eigenvalue weighted by atomic mass is 14.5. The van der Waals surface area contributed by atoms with Gasteiger partial charge in [0.25, 0.3) is 0 Å². The van der Waals surface area contributed by atoms with Gasteiger partial charge in [0, 0.05) is 0 Å². The summed E-state index contributed by atoms with van der Waals surface area (Å²) in [5.41, 5.74) is 0. The molecule has 2 fully saturated rings. The highest BCUT2D eigenvalue weighted by Gasteiger charge is 2.48. The van der Waals surface area contributed by atoms with Crippen molar-refractivity contribution in [3.05, 3.63) is 0 Å². The van der Waals surface area contributed by atoms with Crippen LogP contribution in [0.1, 0.15) is 53.4 Å². The molecule has 0 N–H and O–H groups in total. The van der Waals surface area contributed by atoms with Gasteiger partial charge in [-0.2, -0.15) is 0 Å². The molecule has 0 aromatic heterocycles. The van der Waals surface area contributed by atoms with Crippen molar-refractivity contribution in [2.24, 2.45) is 35.5 Å². The molecule has 14 heavy (non-hydrogen) atoms. The van der Waals surface area contributed by atoms with Gasteiger partial charge in [0.1, 0.15) is 0 Å². The Balaban J connectivity index is 1.76. The topological polar surface area (TPSA) is 0 Å². The summed E-state index contributed by atoms with van der Waals surface area (Å²) < 4.78 is 0. The monoisotopic (exact) mass is 194 g/mol. The summed E-state index contributed by atoms with van der Waals surface area (Å²) in [6.45, 7) is 9.76. The fourth-order valence-electron chi connectivity index (χ4n) is 3.88. The fraction of sp³-hybridized carbons (Fsp3) is 1.00. The van der Waals surface area contributed by atoms with Gasteiger partial charge >= 0.3 is 0 Å². The van der Waals surface area contributed by atoms with Crippen LogP contribution in [-0.2, 0) is 0 Å². The van der Waals surface area contributed by atoms with E-state index in [1.54, 1.807) is 0 Å². The Bertz CT molecular complexity index is 196. The van der Waals surface area contributed by atoms with Gasteiger partial charge in [0.15, 0.2) is 0 Å². The van der Waals surface area contributed by atoms with Gasteiger partial charge in [0.05, 0.1) is 0 Å². The lowest BCUT2D eigenvalue weighted by atomic mass is 9.70. The first-order chi connectivity index (χ1) is 6.65. The Kier molecular flexibility index (Phi) is 2.91. The molecule has 0 spiro atoms. The number of rotatable bonds is 4. The summed E-state index contributed by atoms with van der Waals surface area (Å²) in [5.74, 6) is 6.29. The molecular formula is C14H26. The van der Waals surface area contributed by atoms with Gasteiger partial charge in [0.2, 0.25) is 0 Å². The summed E-state index contributed by atoms with van der Waals surface area (Å²) in [5, 5.41) is 0. The molecule has 82 valence electrons. The summed E-state index contributed by atoms with van der Waals surface area (Å²) >= 11 is 0. The van der Waals surface area contributed by atoms with Gasteiger partial charge in [-0.25, -0.2) is 0 Å². The van der Waals surface area contributed by atoms with E-state index in [-0.39, 0.29) is 0 Å². The van der Waals surface area contributed by atoms with Crippen molar-refractivity contribution in [1.82, 2.24) is 0 Å². The third kappa shape index (κ3) is 1.73. The van der Waals surface area contributed by atoms with Crippen LogP contribution in [0.4, 0.5) is 0 Å². The smallest absolute Gasteiger partial charge is 0.0329 e. The van der Waals surface area contributed by atoms with E-state index in [0.29, 0.717) is 0 Å². The largest absolute Gasteiger partial charge is 0.0651 e. The van der Waals surface area contributed by atoms with E-state index in [1.807, 2.05) is 0 Å². The number of hydrogen-bond donors (Lipinski definition) is 0. The minimum Gasteiger partial charge on any atom is -0.0651 e. The Labute approximate surface area is 89.5 Å². The molecular weight excluding hydrogens is 168 g/mol. The van der Waals surface area contributed by atoms with Crippen LogP contribution in [0.5, 0.6) is 0 Å². The van der Waals surface area contributed by atoms with Crippen molar-refractivity contribution >= 4 is 0 Å². The van der Waals surface area contributed by atoms with Crippen LogP contribution in [0.25, 0.3) is 0 Å². The quantitative estimate of drug-likeness (QED) is 0.624. The molecule has 0 saturated heterocycles. The predicted molar refractivity (Wildman–Crippen MR) is 62.1 cm³/mol. The van der Waals surface area contributed by atoms with Gasteiger partial charge in [-0.3, -0.25) is 0 Å². The van der Waals surface area contributed by atoms with Crippen LogP contribution >= 0.6 is 0 Å². The van der Waals surface area contributed by atoms with Crippen LogP contribution in [0, 0.1) is 35.5 Å². The minimum atomic E-state index is 1.00. The van der Waals surface area contributed by atoms with Crippen LogP contribution in [-0.4, -0.2) is 0 Å². The molecule has 6 unspecified atom stereocenters. The van der Waals surface area contributed by atoms with Crippen molar-refractivity contribution in [1.29, 1.82) is 0 Å². The van der Waals surface area contributed by atoms with E-state index >= 15 is 0 Å². The molecule has 0 heteroatoms. The lowest BCUT2D eigenvalue weighted by Crippen LogP contribution is -2.25. The van der Waals surface area contributed by atoms with Gasteiger partial charge in [-0.05, 0) is 48.3 Å². The zero-order valence-corrected chi connectivity index (χ0v) is 10.3. The minimum absolute atomic E-state index is 1.00. The average Bonchev–Trinajstić information content (AvgIpc) is 2.82. The maximum Gasteiger partial charge on any atom is -0.0329 e. The van der Waals surface area contributed by atoms with Crippen molar-refractivity contribution in [2.45, 2.75) is 53.4 Å². The van der Waals surface area contributed by atoms with Gasteiger partial charge in [-0.1, -0.05) is 40.5 Å². The first kappa shape index (κ1) is 10.5. The second kappa shape index (κ2) is 3.87. The average molecular weight is 194 g/mol. The van der Waals surface area contributed by atoms with Crippen LogP contribution < -0.4 is 0 Å². The van der Waals surface area contributed by atoms with Crippen molar-refractivity contribution in [2.75, 3.05) is 0 Å². The zero-order valence-electron chi connectivity index (χ0n) is 10.3. The molecule has 6 atom stereocenters. The molecule has 2 saturated carbocycles. The lowest BCUT2D eigenvalue weighted by molar-refractivity contribution is 0.151. The molecule has 0 heterocycles. The SMILES string of the molecule is CCC1C(C)C1C(C)CC1CCC1C. The van der Waals surface area contributed by atoms with E-state index in [0.717, 1.165) is 35.5 Å². The normalized spacial score (nSPS) is 48.4. The molecule has 2 aliphatic carbocycles. The van der Waals surface area contributed by atoms with Gasteiger partial charge < -0.3 is 0 Å². The van der Waals surface area contributed by atoms with E-state index in [2.05, 4.69) is 27.7 Å². The van der Waals surface area contributed by atoms with Crippen molar-refractivity contribution in [3.8, 4) is 0 Å². The summed E-state index contributed by atoms with van der Waals surface area (Å²) in [4.78, 5) is 0. The second-order valence-corrected chi connectivity index (χ2v) is 6.04. The fourth-order valence-corrected chi connectivity index (χ4v) is 3.88. The lowest BCUT2D eigenvalue weighted by Gasteiger charge is -2.36. The molecule has 0 amide bonds. The maximum absolute atomic E-state index is 2.50. The molecule has 0 aromatic carbocycles. The summed E-state index contributed by atoms with van der Waals surface area (Å²) in [7, 11) is 0. The van der Waals surface area contributed by atoms with E-state index in [4.69, 9.17) is 0 Å². The standard InChI is InChI=1S/C14H26/c1-5-13-11(4)14(13)10(3)8-12-7-6-9(12)2/h9-14H,5-8H2,1-4H3. The van der Waals surface area contributed by atoms with E-state index in [1.165, 1.54) is 25.7 Å². The molecule has 0 bridgehead atoms. The van der Waals surface area contributed by atoms with Crippen molar-refractivity contribution < 1.29 is 0 Å². The molecule has 0 aromatic rings. The molecule has 0 nitrogen and oxygen atoms in total. The Morgan fingerprint density at radius 2 is 1.93 bits per heavy atom. The predicted octanol–water partition coefficient (Wildman–Crippen LogP) is 4.35. The summed E-state index contributed by atoms with van der Waals surface area (Å²) in [6, 6.07) is 0. The highest BCUT2D eigenvalue weighted by molar-refractivity contribution is 4.97. The summed E-state index contributed by atoms with van der Waals surface area (Å²) in [6.07, 6.45) is 5.95. The third-order valence-corrected chi connectivity index (χ3v) is 5.24.